The van der Waals surface area contributed by atoms with Crippen LogP contribution in [-0.2, 0) is 4.79 Å². The van der Waals surface area contributed by atoms with Crippen molar-refractivity contribution in [3.05, 3.63) is 29.6 Å². The predicted octanol–water partition coefficient (Wildman–Crippen LogP) is 1.08. The van der Waals surface area contributed by atoms with E-state index < -0.39 is 23.0 Å². The average Bonchev–Trinajstić information content (AvgIpc) is 2.35. The molecule has 6 heteroatoms. The molecule has 0 bridgehead atoms. The van der Waals surface area contributed by atoms with Crippen LogP contribution in [0, 0.1) is 11.2 Å². The molecule has 1 aromatic carbocycles. The molecule has 0 radical (unpaired) electrons. The molecule has 0 spiro atoms. The number of nitrogens with two attached hydrogens (primary N) is 1. The second kappa shape index (κ2) is 5.69. The number of methoxy groups -OCH3 is 1. The van der Waals surface area contributed by atoms with Crippen LogP contribution in [0.25, 0.3) is 0 Å². The van der Waals surface area contributed by atoms with Crippen LogP contribution < -0.4 is 15.8 Å². The van der Waals surface area contributed by atoms with Crippen molar-refractivity contribution in [2.75, 3.05) is 13.7 Å². The number of nitrogens with one attached hydrogen (secondary N) is 1. The van der Waals surface area contributed by atoms with Crippen molar-refractivity contribution < 1.29 is 18.7 Å². The van der Waals surface area contributed by atoms with Gasteiger partial charge in [0, 0.05) is 12.6 Å². The van der Waals surface area contributed by atoms with Crippen LogP contribution in [-0.4, -0.2) is 25.5 Å². The van der Waals surface area contributed by atoms with Crippen molar-refractivity contribution in [2.24, 2.45) is 11.1 Å². The van der Waals surface area contributed by atoms with Crippen molar-refractivity contribution in [1.82, 2.24) is 5.32 Å². The lowest BCUT2D eigenvalue weighted by atomic mass is 9.92. The predicted molar refractivity (Wildman–Crippen MR) is 68.3 cm³/mol. The summed E-state index contributed by atoms with van der Waals surface area (Å²) in [5.41, 5.74) is 4.18. The zero-order valence-electron chi connectivity index (χ0n) is 11.1. The quantitative estimate of drug-likeness (QED) is 0.838. The second-order valence-electron chi connectivity index (χ2n) is 4.78. The van der Waals surface area contributed by atoms with E-state index in [4.69, 9.17) is 10.5 Å². The Morgan fingerprint density at radius 2 is 2.05 bits per heavy atom. The fourth-order valence-corrected chi connectivity index (χ4v) is 1.29. The molecule has 2 amide bonds. The Labute approximate surface area is 110 Å². The molecule has 104 valence electrons. The smallest absolute Gasteiger partial charge is 0.254 e. The summed E-state index contributed by atoms with van der Waals surface area (Å²) in [6, 6.07) is 3.92. The van der Waals surface area contributed by atoms with Gasteiger partial charge in [0.2, 0.25) is 5.91 Å². The first-order valence-electron chi connectivity index (χ1n) is 5.69. The van der Waals surface area contributed by atoms with Gasteiger partial charge >= 0.3 is 0 Å². The number of ether oxygens (including phenoxy) is 1. The van der Waals surface area contributed by atoms with Gasteiger partial charge in [0.05, 0.1) is 18.1 Å². The van der Waals surface area contributed by atoms with E-state index in [1.807, 2.05) is 0 Å². The monoisotopic (exact) mass is 268 g/mol. The van der Waals surface area contributed by atoms with Crippen LogP contribution in [0.2, 0.25) is 0 Å². The van der Waals surface area contributed by atoms with Crippen LogP contribution in [0.5, 0.6) is 5.75 Å². The minimum atomic E-state index is -0.890. The normalized spacial score (nSPS) is 10.9. The summed E-state index contributed by atoms with van der Waals surface area (Å²) in [6.07, 6.45) is 0. The van der Waals surface area contributed by atoms with Gasteiger partial charge in [-0.2, -0.15) is 0 Å². The average molecular weight is 268 g/mol. The van der Waals surface area contributed by atoms with E-state index >= 15 is 0 Å². The largest absolute Gasteiger partial charge is 0.497 e. The van der Waals surface area contributed by atoms with Crippen molar-refractivity contribution in [3.63, 3.8) is 0 Å². The number of hydrogen-bond acceptors (Lipinski definition) is 3. The molecule has 0 unspecified atom stereocenters. The first-order chi connectivity index (χ1) is 8.77. The van der Waals surface area contributed by atoms with Crippen LogP contribution >= 0.6 is 0 Å². The molecule has 1 rings (SSSR count). The summed E-state index contributed by atoms with van der Waals surface area (Å²) in [6.45, 7) is 3.23. The van der Waals surface area contributed by atoms with Gasteiger partial charge in [0.1, 0.15) is 11.6 Å². The summed E-state index contributed by atoms with van der Waals surface area (Å²) in [5, 5.41) is 2.48. The number of halogens is 1. The maximum absolute atomic E-state index is 13.6. The van der Waals surface area contributed by atoms with E-state index in [9.17, 15) is 14.0 Å². The highest BCUT2D eigenvalue weighted by Gasteiger charge is 2.26. The number of primary amides is 1. The Bertz CT molecular complexity index is 501. The van der Waals surface area contributed by atoms with Crippen LogP contribution in [0.4, 0.5) is 4.39 Å². The van der Waals surface area contributed by atoms with E-state index in [0.29, 0.717) is 5.75 Å². The summed E-state index contributed by atoms with van der Waals surface area (Å²) in [4.78, 5) is 22.9. The molecule has 5 nitrogen and oxygen atoms in total. The van der Waals surface area contributed by atoms with E-state index in [1.165, 1.54) is 19.2 Å². The molecule has 0 atom stereocenters. The lowest BCUT2D eigenvalue weighted by Crippen LogP contribution is -2.42. The van der Waals surface area contributed by atoms with Gasteiger partial charge in [0.25, 0.3) is 5.91 Å². The molecule has 3 N–H and O–H groups in total. The number of carbonyl (C=O) groups excluding carboxylic acids is 2. The molecule has 1 aromatic rings. The highest BCUT2D eigenvalue weighted by molar-refractivity contribution is 5.95. The third-order valence-corrected chi connectivity index (χ3v) is 2.78. The first-order valence-corrected chi connectivity index (χ1v) is 5.69. The molecule has 19 heavy (non-hydrogen) atoms. The van der Waals surface area contributed by atoms with Gasteiger partial charge in [-0.3, -0.25) is 9.59 Å². The zero-order chi connectivity index (χ0) is 14.6. The fourth-order valence-electron chi connectivity index (χ4n) is 1.29. The van der Waals surface area contributed by atoms with Crippen LogP contribution in [0.3, 0.4) is 0 Å². The maximum Gasteiger partial charge on any atom is 0.254 e. The summed E-state index contributed by atoms with van der Waals surface area (Å²) < 4.78 is 18.5. The highest BCUT2D eigenvalue weighted by Crippen LogP contribution is 2.17. The summed E-state index contributed by atoms with van der Waals surface area (Å²) in [5.74, 6) is -1.50. The highest BCUT2D eigenvalue weighted by atomic mass is 19.1. The lowest BCUT2D eigenvalue weighted by molar-refractivity contribution is -0.125. The van der Waals surface area contributed by atoms with E-state index in [-0.39, 0.29) is 12.1 Å². The number of hydrogen-bond donors (Lipinski definition) is 2. The molecule has 0 aliphatic rings. The molecular formula is C13H17FN2O3. The Hall–Kier alpha value is -2.11. The topological polar surface area (TPSA) is 81.4 Å². The van der Waals surface area contributed by atoms with Crippen LogP contribution in [0.15, 0.2) is 18.2 Å². The molecule has 0 aliphatic heterocycles. The van der Waals surface area contributed by atoms with E-state index in [2.05, 4.69) is 5.32 Å². The zero-order valence-corrected chi connectivity index (χ0v) is 11.1. The molecule has 0 heterocycles. The SMILES string of the molecule is COc1ccc(C(=O)NCC(C)(C)C(N)=O)c(F)c1. The van der Waals surface area contributed by atoms with Crippen molar-refractivity contribution in [2.45, 2.75) is 13.8 Å². The molecule has 0 fully saturated rings. The maximum atomic E-state index is 13.6. The first kappa shape index (κ1) is 14.9. The summed E-state index contributed by atoms with van der Waals surface area (Å²) in [7, 11) is 1.41. The summed E-state index contributed by atoms with van der Waals surface area (Å²) >= 11 is 0. The van der Waals surface area contributed by atoms with Gasteiger partial charge in [-0.25, -0.2) is 4.39 Å². The standard InChI is InChI=1S/C13H17FN2O3/c1-13(2,12(15)18)7-16-11(17)9-5-4-8(19-3)6-10(9)14/h4-6H,7H2,1-3H3,(H2,15,18)(H,16,17). The number of benzene rings is 1. The van der Waals surface area contributed by atoms with Gasteiger partial charge in [-0.15, -0.1) is 0 Å². The van der Waals surface area contributed by atoms with Crippen molar-refractivity contribution >= 4 is 11.8 Å². The van der Waals surface area contributed by atoms with Crippen molar-refractivity contribution in [3.8, 4) is 5.75 Å². The third-order valence-electron chi connectivity index (χ3n) is 2.78. The van der Waals surface area contributed by atoms with E-state index in [0.717, 1.165) is 6.07 Å². The van der Waals surface area contributed by atoms with Gasteiger partial charge in [-0.1, -0.05) is 0 Å². The minimum Gasteiger partial charge on any atom is -0.497 e. The Balaban J connectivity index is 2.77. The van der Waals surface area contributed by atoms with Gasteiger partial charge in [0.15, 0.2) is 0 Å². The Morgan fingerprint density at radius 1 is 1.42 bits per heavy atom. The van der Waals surface area contributed by atoms with E-state index in [1.54, 1.807) is 13.8 Å². The Morgan fingerprint density at radius 3 is 2.53 bits per heavy atom. The fraction of sp³-hybridized carbons (Fsp3) is 0.385. The molecular weight excluding hydrogens is 251 g/mol. The molecule has 0 aliphatic carbocycles. The number of carbonyl (C=O) groups is 2. The Kier molecular flexibility index (Phi) is 4.47. The molecule has 0 saturated carbocycles. The number of rotatable bonds is 5. The minimum absolute atomic E-state index is 0.0344. The second-order valence-corrected chi connectivity index (χ2v) is 4.78. The molecule has 0 saturated heterocycles. The van der Waals surface area contributed by atoms with Gasteiger partial charge < -0.3 is 15.8 Å². The third kappa shape index (κ3) is 3.67. The van der Waals surface area contributed by atoms with Crippen LogP contribution in [0.1, 0.15) is 24.2 Å². The molecule has 0 aromatic heterocycles. The lowest BCUT2D eigenvalue weighted by Gasteiger charge is -2.20. The van der Waals surface area contributed by atoms with Crippen molar-refractivity contribution in [1.29, 1.82) is 0 Å². The van der Waals surface area contributed by atoms with Gasteiger partial charge in [-0.05, 0) is 26.0 Å². The number of amides is 2.